The lowest BCUT2D eigenvalue weighted by molar-refractivity contribution is -0.141. The number of oxime groups is 1. The summed E-state index contributed by atoms with van der Waals surface area (Å²) in [7, 11) is 3.89. The van der Waals surface area contributed by atoms with Crippen LogP contribution in [0.1, 0.15) is 12.0 Å². The summed E-state index contributed by atoms with van der Waals surface area (Å²) in [6, 6.07) is 7.58. The number of imide groups is 1. The highest BCUT2D eigenvalue weighted by Crippen LogP contribution is 2.61. The second-order valence-corrected chi connectivity index (χ2v) is 8.76. The van der Waals surface area contributed by atoms with Crippen LogP contribution in [0.5, 0.6) is 0 Å². The third kappa shape index (κ3) is 2.39. The average Bonchev–Trinajstić information content (AvgIpc) is 3.35. The second-order valence-electron chi connectivity index (χ2n) is 8.33. The van der Waals surface area contributed by atoms with Crippen LogP contribution in [0, 0.1) is 29.6 Å². The van der Waals surface area contributed by atoms with E-state index in [1.165, 1.54) is 4.90 Å². The zero-order valence-corrected chi connectivity index (χ0v) is 16.1. The summed E-state index contributed by atoms with van der Waals surface area (Å²) in [5.74, 6) is -0.164. The first-order valence-electron chi connectivity index (χ1n) is 9.47. The van der Waals surface area contributed by atoms with Crippen LogP contribution < -0.4 is 0 Å². The summed E-state index contributed by atoms with van der Waals surface area (Å²) in [6.07, 6.45) is 0.781. The highest BCUT2D eigenvalue weighted by molar-refractivity contribution is 6.30. The Bertz CT molecular complexity index is 837. The van der Waals surface area contributed by atoms with Gasteiger partial charge in [0.2, 0.25) is 11.8 Å². The molecule has 0 spiro atoms. The summed E-state index contributed by atoms with van der Waals surface area (Å²) >= 11 is 6.01. The van der Waals surface area contributed by atoms with Gasteiger partial charge in [0, 0.05) is 29.9 Å². The summed E-state index contributed by atoms with van der Waals surface area (Å²) in [6.45, 7) is 1.15. The Morgan fingerprint density at radius 1 is 1.11 bits per heavy atom. The highest BCUT2D eigenvalue weighted by Gasteiger charge is 2.70. The van der Waals surface area contributed by atoms with Gasteiger partial charge in [-0.3, -0.25) is 14.5 Å². The van der Waals surface area contributed by atoms with Crippen LogP contribution in [0.25, 0.3) is 0 Å². The maximum atomic E-state index is 13.1. The molecule has 2 amide bonds. The number of amides is 2. The molecule has 1 aromatic carbocycles. The molecule has 0 N–H and O–H groups in total. The Hall–Kier alpha value is -1.92. The smallest absolute Gasteiger partial charge is 0.233 e. The monoisotopic (exact) mass is 387 g/mol. The Labute approximate surface area is 163 Å². The third-order valence-corrected chi connectivity index (χ3v) is 6.94. The standard InChI is InChI=1S/C20H22ClN3O3/c1-23(2)7-8-24-19(25)14-12-9-13(15(14)20(24)26)18-16(12)17(22-27-18)10-3-5-11(21)6-4-10/h3-6,12-16,18H,7-9H2,1-2H3. The van der Waals surface area contributed by atoms with Crippen LogP contribution in [-0.4, -0.2) is 60.6 Å². The number of halogens is 1. The summed E-state index contributed by atoms with van der Waals surface area (Å²) < 4.78 is 0. The minimum atomic E-state index is -0.231. The van der Waals surface area contributed by atoms with Crippen molar-refractivity contribution in [3.05, 3.63) is 34.9 Å². The number of fused-ring (bicyclic) bond motifs is 8. The molecule has 142 valence electrons. The molecule has 2 aliphatic carbocycles. The van der Waals surface area contributed by atoms with E-state index in [0.717, 1.165) is 17.7 Å². The van der Waals surface area contributed by atoms with Crippen molar-refractivity contribution in [1.29, 1.82) is 0 Å². The number of rotatable bonds is 4. The maximum absolute atomic E-state index is 13.1. The number of hydrogen-bond donors (Lipinski definition) is 0. The van der Waals surface area contributed by atoms with Crippen molar-refractivity contribution in [3.63, 3.8) is 0 Å². The van der Waals surface area contributed by atoms with Crippen LogP contribution in [-0.2, 0) is 14.4 Å². The van der Waals surface area contributed by atoms with E-state index in [1.54, 1.807) is 0 Å². The Morgan fingerprint density at radius 2 is 1.78 bits per heavy atom. The topological polar surface area (TPSA) is 62.2 Å². The lowest BCUT2D eigenvalue weighted by Gasteiger charge is -2.29. The van der Waals surface area contributed by atoms with Gasteiger partial charge in [-0.25, -0.2) is 0 Å². The van der Waals surface area contributed by atoms with Crippen molar-refractivity contribution in [2.24, 2.45) is 34.7 Å². The number of carbonyl (C=O) groups excluding carboxylic acids is 2. The van der Waals surface area contributed by atoms with E-state index in [0.29, 0.717) is 18.1 Å². The molecule has 7 heteroatoms. The summed E-state index contributed by atoms with van der Waals surface area (Å²) in [5.41, 5.74) is 1.88. The van der Waals surface area contributed by atoms with Crippen LogP contribution in [0.4, 0.5) is 0 Å². The first-order chi connectivity index (χ1) is 13.0. The largest absolute Gasteiger partial charge is 0.391 e. The Kier molecular flexibility index (Phi) is 3.85. The van der Waals surface area contributed by atoms with Gasteiger partial charge in [-0.2, -0.15) is 0 Å². The first-order valence-corrected chi connectivity index (χ1v) is 9.85. The number of hydrogen-bond acceptors (Lipinski definition) is 5. The number of likely N-dealkylation sites (tertiary alicyclic amines) is 1. The highest BCUT2D eigenvalue weighted by atomic mass is 35.5. The van der Waals surface area contributed by atoms with Gasteiger partial charge in [0.25, 0.3) is 0 Å². The van der Waals surface area contributed by atoms with E-state index in [4.69, 9.17) is 16.4 Å². The molecule has 0 radical (unpaired) electrons. The second kappa shape index (κ2) is 6.04. The lowest BCUT2D eigenvalue weighted by atomic mass is 9.71. The van der Waals surface area contributed by atoms with E-state index in [2.05, 4.69) is 5.16 Å². The van der Waals surface area contributed by atoms with Crippen molar-refractivity contribution in [2.45, 2.75) is 12.5 Å². The minimum absolute atomic E-state index is 0.000145. The fourth-order valence-electron chi connectivity index (χ4n) is 5.57. The lowest BCUT2D eigenvalue weighted by Crippen LogP contribution is -2.41. The minimum Gasteiger partial charge on any atom is -0.391 e. The van der Waals surface area contributed by atoms with Crippen molar-refractivity contribution in [3.8, 4) is 0 Å². The van der Waals surface area contributed by atoms with Gasteiger partial charge in [0.1, 0.15) is 6.10 Å². The van der Waals surface area contributed by atoms with Crippen molar-refractivity contribution in [2.75, 3.05) is 27.2 Å². The molecule has 6 unspecified atom stereocenters. The van der Waals surface area contributed by atoms with Crippen molar-refractivity contribution < 1.29 is 14.4 Å². The number of benzene rings is 1. The van der Waals surface area contributed by atoms with Gasteiger partial charge < -0.3 is 9.74 Å². The zero-order valence-electron chi connectivity index (χ0n) is 15.3. The summed E-state index contributed by atoms with van der Waals surface area (Å²) in [4.78, 5) is 35.3. The molecule has 3 fully saturated rings. The molecule has 27 heavy (non-hydrogen) atoms. The molecule has 1 aromatic rings. The predicted octanol–water partition coefficient (Wildman–Crippen LogP) is 1.87. The molecule has 0 aromatic heterocycles. The van der Waals surface area contributed by atoms with E-state index >= 15 is 0 Å². The first kappa shape index (κ1) is 17.2. The number of carbonyl (C=O) groups is 2. The van der Waals surface area contributed by atoms with Gasteiger partial charge in [-0.1, -0.05) is 28.9 Å². The Morgan fingerprint density at radius 3 is 2.44 bits per heavy atom. The van der Waals surface area contributed by atoms with Crippen LogP contribution in [0.2, 0.25) is 5.02 Å². The van der Waals surface area contributed by atoms with E-state index in [-0.39, 0.29) is 47.5 Å². The molecule has 2 saturated carbocycles. The van der Waals surface area contributed by atoms with E-state index in [1.807, 2.05) is 43.3 Å². The predicted molar refractivity (Wildman–Crippen MR) is 100 cm³/mol. The SMILES string of the molecule is CN(C)CCN1C(=O)C2C3CC(C4C(c5ccc(Cl)cc5)=NOC34)C2C1=O. The van der Waals surface area contributed by atoms with E-state index in [9.17, 15) is 9.59 Å². The van der Waals surface area contributed by atoms with Gasteiger partial charge in [0.15, 0.2) is 0 Å². The molecule has 2 bridgehead atoms. The molecule has 4 aliphatic rings. The molecule has 6 nitrogen and oxygen atoms in total. The van der Waals surface area contributed by atoms with E-state index < -0.39 is 0 Å². The molecular formula is C20H22ClN3O3. The molecule has 2 heterocycles. The van der Waals surface area contributed by atoms with Crippen LogP contribution in [0.3, 0.4) is 0 Å². The van der Waals surface area contributed by atoms with Gasteiger partial charge in [-0.15, -0.1) is 0 Å². The fraction of sp³-hybridized carbons (Fsp3) is 0.550. The number of nitrogens with zero attached hydrogens (tertiary/aromatic N) is 3. The molecule has 1 saturated heterocycles. The van der Waals surface area contributed by atoms with Gasteiger partial charge in [0.05, 0.1) is 17.5 Å². The molecule has 6 atom stereocenters. The normalized spacial score (nSPS) is 36.3. The Balaban J connectivity index is 1.42. The number of likely N-dealkylation sites (N-methyl/N-ethyl adjacent to an activating group) is 1. The van der Waals surface area contributed by atoms with Crippen LogP contribution >= 0.6 is 11.6 Å². The van der Waals surface area contributed by atoms with Gasteiger partial charge in [-0.05, 0) is 44.1 Å². The molecular weight excluding hydrogens is 366 g/mol. The fourth-order valence-corrected chi connectivity index (χ4v) is 5.69. The van der Waals surface area contributed by atoms with Crippen molar-refractivity contribution in [1.82, 2.24) is 9.80 Å². The summed E-state index contributed by atoms with van der Waals surface area (Å²) in [5, 5.41) is 5.02. The quantitative estimate of drug-likeness (QED) is 0.740. The molecule has 2 aliphatic heterocycles. The van der Waals surface area contributed by atoms with Crippen molar-refractivity contribution >= 4 is 29.1 Å². The third-order valence-electron chi connectivity index (χ3n) is 6.69. The van der Waals surface area contributed by atoms with Gasteiger partial charge >= 0.3 is 0 Å². The average molecular weight is 388 g/mol. The maximum Gasteiger partial charge on any atom is 0.233 e. The zero-order chi connectivity index (χ0) is 18.9. The van der Waals surface area contributed by atoms with Crippen LogP contribution in [0.15, 0.2) is 29.4 Å². The molecule has 5 rings (SSSR count).